The first kappa shape index (κ1) is 17.5. The molecule has 138 valence electrons. The maximum atomic E-state index is 13.0. The topological polar surface area (TPSA) is 51.0 Å². The van der Waals surface area contributed by atoms with Crippen LogP contribution in [0.3, 0.4) is 0 Å². The van der Waals surface area contributed by atoms with Crippen molar-refractivity contribution in [2.75, 3.05) is 13.1 Å². The average molecular weight is 360 g/mol. The van der Waals surface area contributed by atoms with E-state index in [1.165, 1.54) is 11.3 Å². The van der Waals surface area contributed by atoms with Gasteiger partial charge in [-0.25, -0.2) is 0 Å². The van der Waals surface area contributed by atoms with Crippen LogP contribution in [0.2, 0.25) is 0 Å². The van der Waals surface area contributed by atoms with Crippen molar-refractivity contribution in [3.8, 4) is 11.3 Å². The zero-order valence-electron chi connectivity index (χ0n) is 16.1. The van der Waals surface area contributed by atoms with Crippen LogP contribution >= 0.6 is 0 Å². The number of carbonyl (C=O) groups excluding carboxylic acids is 1. The summed E-state index contributed by atoms with van der Waals surface area (Å²) in [6.07, 6.45) is 3.33. The predicted molar refractivity (Wildman–Crippen MR) is 106 cm³/mol. The van der Waals surface area contributed by atoms with Gasteiger partial charge >= 0.3 is 0 Å². The zero-order chi connectivity index (χ0) is 19.0. The Balaban J connectivity index is 1.60. The molecule has 0 fully saturated rings. The van der Waals surface area contributed by atoms with Gasteiger partial charge in [-0.15, -0.1) is 0 Å². The Labute approximate surface area is 159 Å². The van der Waals surface area contributed by atoms with E-state index in [0.29, 0.717) is 18.7 Å². The normalized spacial score (nSPS) is 14.0. The summed E-state index contributed by atoms with van der Waals surface area (Å²) in [6, 6.07) is 12.2. The van der Waals surface area contributed by atoms with Gasteiger partial charge in [0.05, 0.1) is 11.3 Å². The molecule has 0 spiro atoms. The third-order valence-corrected chi connectivity index (χ3v) is 5.45. The highest BCUT2D eigenvalue weighted by Crippen LogP contribution is 2.28. The van der Waals surface area contributed by atoms with Gasteiger partial charge in [0, 0.05) is 55.3 Å². The van der Waals surface area contributed by atoms with Crippen molar-refractivity contribution >= 4 is 5.91 Å². The monoisotopic (exact) mass is 360 g/mol. The molecule has 5 heteroatoms. The molecular formula is C22H24N4O. The minimum Gasteiger partial charge on any atom is -0.338 e. The first-order chi connectivity index (χ1) is 13.0. The number of nitrogens with zero attached hydrogens (tertiary/aromatic N) is 4. The van der Waals surface area contributed by atoms with Crippen molar-refractivity contribution < 1.29 is 4.79 Å². The standard InChI is InChI=1S/C22H24N4O/c1-15-13-18(14-23-16(15)2)22(27)26-11-9-19-20(10-12-26)25(3)24-21(19)17-7-5-4-6-8-17/h4-8,13-14H,9-12H2,1-3H3. The van der Waals surface area contributed by atoms with Crippen LogP contribution in [-0.4, -0.2) is 38.7 Å². The van der Waals surface area contributed by atoms with Crippen LogP contribution in [0.5, 0.6) is 0 Å². The third kappa shape index (κ3) is 3.25. The van der Waals surface area contributed by atoms with E-state index in [0.717, 1.165) is 35.4 Å². The lowest BCUT2D eigenvalue weighted by atomic mass is 10.0. The van der Waals surface area contributed by atoms with E-state index in [2.05, 4.69) is 17.1 Å². The predicted octanol–water partition coefficient (Wildman–Crippen LogP) is 3.34. The molecule has 0 saturated heterocycles. The van der Waals surface area contributed by atoms with E-state index in [4.69, 9.17) is 5.10 Å². The molecule has 2 aromatic heterocycles. The molecule has 1 aliphatic rings. The van der Waals surface area contributed by atoms with Crippen LogP contribution in [0.4, 0.5) is 0 Å². The molecule has 0 atom stereocenters. The Hall–Kier alpha value is -2.95. The molecule has 3 heterocycles. The summed E-state index contributed by atoms with van der Waals surface area (Å²) in [5.41, 5.74) is 7.34. The van der Waals surface area contributed by atoms with Gasteiger partial charge in [0.2, 0.25) is 0 Å². The maximum Gasteiger partial charge on any atom is 0.255 e. The largest absolute Gasteiger partial charge is 0.338 e. The number of benzene rings is 1. The zero-order valence-corrected chi connectivity index (χ0v) is 16.1. The summed E-state index contributed by atoms with van der Waals surface area (Å²) in [7, 11) is 2.00. The van der Waals surface area contributed by atoms with Crippen LogP contribution in [0.15, 0.2) is 42.6 Å². The van der Waals surface area contributed by atoms with Crippen molar-refractivity contribution in [1.82, 2.24) is 19.7 Å². The lowest BCUT2D eigenvalue weighted by Crippen LogP contribution is -2.33. The number of aryl methyl sites for hydroxylation is 3. The Bertz CT molecular complexity index is 991. The number of carbonyl (C=O) groups is 1. The van der Waals surface area contributed by atoms with Gasteiger partial charge in [0.15, 0.2) is 0 Å². The van der Waals surface area contributed by atoms with E-state index < -0.39 is 0 Å². The molecule has 4 rings (SSSR count). The quantitative estimate of drug-likeness (QED) is 0.704. The molecule has 0 aliphatic carbocycles. The van der Waals surface area contributed by atoms with Crippen LogP contribution in [-0.2, 0) is 19.9 Å². The summed E-state index contributed by atoms with van der Waals surface area (Å²) in [6.45, 7) is 5.36. The van der Waals surface area contributed by atoms with Crippen LogP contribution in [0, 0.1) is 13.8 Å². The smallest absolute Gasteiger partial charge is 0.255 e. The fourth-order valence-corrected chi connectivity index (χ4v) is 3.75. The highest BCUT2D eigenvalue weighted by molar-refractivity contribution is 5.94. The number of hydrogen-bond donors (Lipinski definition) is 0. The van der Waals surface area contributed by atoms with Gasteiger partial charge in [-0.1, -0.05) is 30.3 Å². The van der Waals surface area contributed by atoms with Gasteiger partial charge in [-0.05, 0) is 31.9 Å². The number of pyridine rings is 1. The number of hydrogen-bond acceptors (Lipinski definition) is 3. The van der Waals surface area contributed by atoms with Crippen molar-refractivity contribution in [2.24, 2.45) is 7.05 Å². The summed E-state index contributed by atoms with van der Waals surface area (Å²) < 4.78 is 1.98. The van der Waals surface area contributed by atoms with Crippen LogP contribution < -0.4 is 0 Å². The maximum absolute atomic E-state index is 13.0. The summed E-state index contributed by atoms with van der Waals surface area (Å²) in [5.74, 6) is 0.0626. The minimum absolute atomic E-state index is 0.0626. The van der Waals surface area contributed by atoms with Gasteiger partial charge in [0.25, 0.3) is 5.91 Å². The summed E-state index contributed by atoms with van der Waals surface area (Å²) >= 11 is 0. The Kier molecular flexibility index (Phi) is 4.52. The molecule has 0 saturated carbocycles. The molecule has 0 unspecified atom stereocenters. The fraction of sp³-hybridized carbons (Fsp3) is 0.318. The SMILES string of the molecule is Cc1cc(C(=O)N2CCc3c(-c4ccccc4)nn(C)c3CC2)cnc1C. The van der Waals surface area contributed by atoms with Gasteiger partial charge in [0.1, 0.15) is 0 Å². The Morgan fingerprint density at radius 1 is 1.07 bits per heavy atom. The molecule has 1 aromatic carbocycles. The second-order valence-corrected chi connectivity index (χ2v) is 7.18. The van der Waals surface area contributed by atoms with E-state index in [-0.39, 0.29) is 5.91 Å². The van der Waals surface area contributed by atoms with Gasteiger partial charge in [-0.2, -0.15) is 5.10 Å². The van der Waals surface area contributed by atoms with Crippen molar-refractivity contribution in [3.05, 3.63) is 70.7 Å². The van der Waals surface area contributed by atoms with Crippen molar-refractivity contribution in [2.45, 2.75) is 26.7 Å². The molecule has 0 bridgehead atoms. The Morgan fingerprint density at radius 3 is 2.56 bits per heavy atom. The third-order valence-electron chi connectivity index (χ3n) is 5.45. The van der Waals surface area contributed by atoms with E-state index in [1.807, 2.05) is 54.7 Å². The fourth-order valence-electron chi connectivity index (χ4n) is 3.75. The summed E-state index contributed by atoms with van der Waals surface area (Å²) in [4.78, 5) is 19.3. The first-order valence-electron chi connectivity index (χ1n) is 9.37. The van der Waals surface area contributed by atoms with E-state index in [1.54, 1.807) is 6.20 Å². The molecule has 3 aromatic rings. The van der Waals surface area contributed by atoms with Gasteiger partial charge < -0.3 is 4.90 Å². The van der Waals surface area contributed by atoms with E-state index in [9.17, 15) is 4.79 Å². The number of amides is 1. The van der Waals surface area contributed by atoms with Crippen molar-refractivity contribution in [1.29, 1.82) is 0 Å². The molecular weight excluding hydrogens is 336 g/mol. The molecule has 1 amide bonds. The number of aromatic nitrogens is 3. The second-order valence-electron chi connectivity index (χ2n) is 7.18. The molecule has 27 heavy (non-hydrogen) atoms. The number of rotatable bonds is 2. The highest BCUT2D eigenvalue weighted by Gasteiger charge is 2.25. The number of fused-ring (bicyclic) bond motifs is 1. The van der Waals surface area contributed by atoms with Crippen molar-refractivity contribution in [3.63, 3.8) is 0 Å². The molecule has 0 radical (unpaired) electrons. The molecule has 0 N–H and O–H groups in total. The molecule has 5 nitrogen and oxygen atoms in total. The summed E-state index contributed by atoms with van der Waals surface area (Å²) in [5, 5.41) is 4.76. The van der Waals surface area contributed by atoms with Crippen LogP contribution in [0.25, 0.3) is 11.3 Å². The lowest BCUT2D eigenvalue weighted by molar-refractivity contribution is 0.0762. The highest BCUT2D eigenvalue weighted by atomic mass is 16.2. The molecule has 1 aliphatic heterocycles. The minimum atomic E-state index is 0.0626. The second kappa shape index (κ2) is 6.99. The van der Waals surface area contributed by atoms with Crippen LogP contribution in [0.1, 0.15) is 32.9 Å². The first-order valence-corrected chi connectivity index (χ1v) is 9.37. The van der Waals surface area contributed by atoms with E-state index >= 15 is 0 Å². The Morgan fingerprint density at radius 2 is 1.81 bits per heavy atom. The average Bonchev–Trinajstić information content (AvgIpc) is 2.86. The lowest BCUT2D eigenvalue weighted by Gasteiger charge is -2.20. The van der Waals surface area contributed by atoms with Gasteiger partial charge in [-0.3, -0.25) is 14.5 Å².